The van der Waals surface area contributed by atoms with Gasteiger partial charge < -0.3 is 15.0 Å². The molecule has 3 rings (SSSR count). The van der Waals surface area contributed by atoms with E-state index in [-0.39, 0.29) is 11.8 Å². The van der Waals surface area contributed by atoms with E-state index < -0.39 is 6.04 Å². The standard InChI is InChI=1S/C23H28N2O3/c1-28-20-12-9-18(10-13-20)11-14-22(26)24-21(17-19-7-3-2-4-8-19)23(27)25-15-5-6-16-25/h2-4,7-10,12-13,21H,5-6,11,14-17H2,1H3,(H,24,26)/t21-/m0/s1. The average molecular weight is 380 g/mol. The van der Waals surface area contributed by atoms with E-state index in [1.54, 1.807) is 7.11 Å². The molecule has 0 radical (unpaired) electrons. The van der Waals surface area contributed by atoms with Crippen molar-refractivity contribution in [2.75, 3.05) is 20.2 Å². The zero-order valence-corrected chi connectivity index (χ0v) is 16.4. The highest BCUT2D eigenvalue weighted by molar-refractivity contribution is 5.88. The topological polar surface area (TPSA) is 58.6 Å². The molecule has 1 aliphatic heterocycles. The van der Waals surface area contributed by atoms with E-state index in [4.69, 9.17) is 4.74 Å². The normalized spacial score (nSPS) is 14.5. The molecule has 2 amide bonds. The lowest BCUT2D eigenvalue weighted by Gasteiger charge is -2.24. The number of likely N-dealkylation sites (tertiary alicyclic amines) is 1. The summed E-state index contributed by atoms with van der Waals surface area (Å²) in [5.74, 6) is 0.732. The number of hydrogen-bond donors (Lipinski definition) is 1. The van der Waals surface area contributed by atoms with Crippen molar-refractivity contribution in [1.82, 2.24) is 10.2 Å². The van der Waals surface area contributed by atoms with E-state index in [0.717, 1.165) is 42.8 Å². The molecule has 0 spiro atoms. The largest absolute Gasteiger partial charge is 0.497 e. The predicted octanol–water partition coefficient (Wildman–Crippen LogP) is 2.98. The molecule has 1 heterocycles. The maximum Gasteiger partial charge on any atom is 0.245 e. The molecule has 1 aliphatic rings. The van der Waals surface area contributed by atoms with Gasteiger partial charge in [-0.25, -0.2) is 0 Å². The smallest absolute Gasteiger partial charge is 0.245 e. The van der Waals surface area contributed by atoms with Crippen LogP contribution in [0.3, 0.4) is 0 Å². The Labute approximate surface area is 166 Å². The molecule has 1 N–H and O–H groups in total. The van der Waals surface area contributed by atoms with Crippen LogP contribution in [0.5, 0.6) is 5.75 Å². The number of rotatable bonds is 8. The van der Waals surface area contributed by atoms with Crippen molar-refractivity contribution in [3.8, 4) is 5.75 Å². The van der Waals surface area contributed by atoms with Gasteiger partial charge in [-0.2, -0.15) is 0 Å². The van der Waals surface area contributed by atoms with Crippen LogP contribution in [0.1, 0.15) is 30.4 Å². The molecule has 2 aromatic rings. The molecule has 1 fully saturated rings. The van der Waals surface area contributed by atoms with Crippen molar-refractivity contribution in [2.45, 2.75) is 38.1 Å². The van der Waals surface area contributed by atoms with E-state index in [1.165, 1.54) is 0 Å². The van der Waals surface area contributed by atoms with E-state index in [1.807, 2.05) is 59.5 Å². The van der Waals surface area contributed by atoms with Gasteiger partial charge in [0.25, 0.3) is 0 Å². The van der Waals surface area contributed by atoms with Gasteiger partial charge in [0.05, 0.1) is 7.11 Å². The molecule has 28 heavy (non-hydrogen) atoms. The van der Waals surface area contributed by atoms with E-state index in [0.29, 0.717) is 19.3 Å². The van der Waals surface area contributed by atoms with Gasteiger partial charge in [-0.1, -0.05) is 42.5 Å². The van der Waals surface area contributed by atoms with Gasteiger partial charge >= 0.3 is 0 Å². The molecule has 1 atom stereocenters. The quantitative estimate of drug-likeness (QED) is 0.766. The minimum Gasteiger partial charge on any atom is -0.497 e. The molecule has 148 valence electrons. The summed E-state index contributed by atoms with van der Waals surface area (Å²) in [7, 11) is 1.63. The molecular weight excluding hydrogens is 352 g/mol. The summed E-state index contributed by atoms with van der Waals surface area (Å²) in [5.41, 5.74) is 2.12. The number of nitrogens with zero attached hydrogens (tertiary/aromatic N) is 1. The summed E-state index contributed by atoms with van der Waals surface area (Å²) < 4.78 is 5.16. The van der Waals surface area contributed by atoms with Crippen LogP contribution in [0.15, 0.2) is 54.6 Å². The zero-order chi connectivity index (χ0) is 19.8. The minimum atomic E-state index is -0.510. The van der Waals surface area contributed by atoms with Crippen molar-refractivity contribution in [3.63, 3.8) is 0 Å². The third kappa shape index (κ3) is 5.59. The number of carbonyl (C=O) groups is 2. The van der Waals surface area contributed by atoms with Crippen molar-refractivity contribution >= 4 is 11.8 Å². The highest BCUT2D eigenvalue weighted by Gasteiger charge is 2.27. The third-order valence-corrected chi connectivity index (χ3v) is 5.13. The number of nitrogens with one attached hydrogen (secondary N) is 1. The minimum absolute atomic E-state index is 0.0270. The molecular formula is C23H28N2O3. The van der Waals surface area contributed by atoms with Crippen molar-refractivity contribution in [3.05, 3.63) is 65.7 Å². The summed E-state index contributed by atoms with van der Waals surface area (Å²) in [4.78, 5) is 27.4. The summed E-state index contributed by atoms with van der Waals surface area (Å²) in [6.07, 6.45) is 3.57. The molecule has 0 aliphatic carbocycles. The SMILES string of the molecule is COc1ccc(CCC(=O)N[C@@H](Cc2ccccc2)C(=O)N2CCCC2)cc1. The molecule has 5 heteroatoms. The van der Waals surface area contributed by atoms with Gasteiger partial charge in [-0.3, -0.25) is 9.59 Å². The molecule has 0 unspecified atom stereocenters. The summed E-state index contributed by atoms with van der Waals surface area (Å²) in [5, 5.41) is 2.98. The van der Waals surface area contributed by atoms with E-state index >= 15 is 0 Å². The lowest BCUT2D eigenvalue weighted by molar-refractivity contribution is -0.135. The van der Waals surface area contributed by atoms with E-state index in [9.17, 15) is 9.59 Å². The maximum atomic E-state index is 12.9. The van der Waals surface area contributed by atoms with Gasteiger partial charge in [0.15, 0.2) is 0 Å². The van der Waals surface area contributed by atoms with Gasteiger partial charge in [-0.15, -0.1) is 0 Å². The lowest BCUT2D eigenvalue weighted by atomic mass is 10.0. The highest BCUT2D eigenvalue weighted by Crippen LogP contribution is 2.14. The van der Waals surface area contributed by atoms with Crippen molar-refractivity contribution < 1.29 is 14.3 Å². The molecule has 0 saturated carbocycles. The number of amides is 2. The predicted molar refractivity (Wildman–Crippen MR) is 109 cm³/mol. The first-order valence-corrected chi connectivity index (χ1v) is 9.90. The fourth-order valence-electron chi connectivity index (χ4n) is 3.52. The first-order chi connectivity index (χ1) is 13.7. The maximum absolute atomic E-state index is 12.9. The van der Waals surface area contributed by atoms with Crippen molar-refractivity contribution in [1.29, 1.82) is 0 Å². The first-order valence-electron chi connectivity index (χ1n) is 9.90. The Kier molecular flexibility index (Phi) is 7.06. The van der Waals surface area contributed by atoms with Gasteiger partial charge in [0, 0.05) is 25.9 Å². The first kappa shape index (κ1) is 19.9. The number of hydrogen-bond acceptors (Lipinski definition) is 3. The number of benzene rings is 2. The summed E-state index contributed by atoms with van der Waals surface area (Å²) in [6.45, 7) is 1.57. The zero-order valence-electron chi connectivity index (χ0n) is 16.4. The van der Waals surface area contributed by atoms with Gasteiger partial charge in [0.2, 0.25) is 11.8 Å². The second-order valence-corrected chi connectivity index (χ2v) is 7.19. The number of carbonyl (C=O) groups excluding carboxylic acids is 2. The average Bonchev–Trinajstić information content (AvgIpc) is 3.27. The van der Waals surface area contributed by atoms with Crippen LogP contribution in [0.2, 0.25) is 0 Å². The van der Waals surface area contributed by atoms with Crippen LogP contribution in [0, 0.1) is 0 Å². The molecule has 0 bridgehead atoms. The van der Waals surface area contributed by atoms with Crippen molar-refractivity contribution in [2.24, 2.45) is 0 Å². The Morgan fingerprint density at radius 3 is 2.32 bits per heavy atom. The fourth-order valence-corrected chi connectivity index (χ4v) is 3.52. The molecule has 0 aromatic heterocycles. The Bertz CT molecular complexity index is 768. The van der Waals surface area contributed by atoms with Crippen LogP contribution in [-0.2, 0) is 22.4 Å². The van der Waals surface area contributed by atoms with E-state index in [2.05, 4.69) is 5.32 Å². The summed E-state index contributed by atoms with van der Waals surface area (Å²) in [6, 6.07) is 17.0. The number of aryl methyl sites for hydroxylation is 1. The van der Waals surface area contributed by atoms with Crippen LogP contribution in [0.4, 0.5) is 0 Å². The highest BCUT2D eigenvalue weighted by atomic mass is 16.5. The van der Waals surface area contributed by atoms with Crippen LogP contribution < -0.4 is 10.1 Å². The van der Waals surface area contributed by atoms with Crippen LogP contribution >= 0.6 is 0 Å². The summed E-state index contributed by atoms with van der Waals surface area (Å²) >= 11 is 0. The van der Waals surface area contributed by atoms with Crippen LogP contribution in [0.25, 0.3) is 0 Å². The number of methoxy groups -OCH3 is 1. The van der Waals surface area contributed by atoms with Gasteiger partial charge in [-0.05, 0) is 42.5 Å². The molecule has 5 nitrogen and oxygen atoms in total. The molecule has 1 saturated heterocycles. The number of ether oxygens (including phenoxy) is 1. The Morgan fingerprint density at radius 1 is 1.00 bits per heavy atom. The Morgan fingerprint density at radius 2 is 1.68 bits per heavy atom. The Hall–Kier alpha value is -2.82. The second-order valence-electron chi connectivity index (χ2n) is 7.19. The second kappa shape index (κ2) is 9.93. The fraction of sp³-hybridized carbons (Fsp3) is 0.391. The Balaban J connectivity index is 1.60. The monoisotopic (exact) mass is 380 g/mol. The van der Waals surface area contributed by atoms with Gasteiger partial charge in [0.1, 0.15) is 11.8 Å². The third-order valence-electron chi connectivity index (χ3n) is 5.13. The molecule has 2 aromatic carbocycles. The van der Waals surface area contributed by atoms with Crippen LogP contribution in [-0.4, -0.2) is 43.0 Å². The lowest BCUT2D eigenvalue weighted by Crippen LogP contribution is -2.49.